The average molecular weight is 270 g/mol. The lowest BCUT2D eigenvalue weighted by molar-refractivity contribution is 0.586. The maximum atomic E-state index is 4.52. The van der Waals surface area contributed by atoms with Gasteiger partial charge in [0, 0.05) is 24.4 Å². The zero-order chi connectivity index (χ0) is 14.8. The second kappa shape index (κ2) is 8.53. The molecule has 0 amide bonds. The molecule has 0 saturated heterocycles. The molecule has 108 valence electrons. The minimum absolute atomic E-state index is 0.0688. The second-order valence-corrected chi connectivity index (χ2v) is 5.98. The van der Waals surface area contributed by atoms with Gasteiger partial charge in [0.2, 0.25) is 0 Å². The van der Waals surface area contributed by atoms with E-state index >= 15 is 0 Å². The Kier molecular flexibility index (Phi) is 7.01. The average Bonchev–Trinajstić information content (AvgIpc) is 2.40. The molecule has 1 heterocycles. The molecule has 0 atom stereocenters. The lowest BCUT2D eigenvalue weighted by Gasteiger charge is -2.10. The predicted octanol–water partition coefficient (Wildman–Crippen LogP) is 4.62. The van der Waals surface area contributed by atoms with Crippen molar-refractivity contribution >= 4 is 6.21 Å². The summed E-state index contributed by atoms with van der Waals surface area (Å²) in [5.74, 6) is 6.40. The van der Waals surface area contributed by atoms with Crippen LogP contribution in [0.2, 0.25) is 0 Å². The van der Waals surface area contributed by atoms with Gasteiger partial charge in [-0.05, 0) is 45.2 Å². The van der Waals surface area contributed by atoms with E-state index in [1.165, 1.54) is 25.7 Å². The van der Waals surface area contributed by atoms with Crippen LogP contribution in [0.4, 0.5) is 0 Å². The molecule has 0 radical (unpaired) electrons. The first kappa shape index (κ1) is 16.4. The number of rotatable bonds is 5. The van der Waals surface area contributed by atoms with Crippen molar-refractivity contribution in [2.45, 2.75) is 65.3 Å². The van der Waals surface area contributed by atoms with Crippen LogP contribution < -0.4 is 0 Å². The van der Waals surface area contributed by atoms with Crippen molar-refractivity contribution in [2.75, 3.05) is 0 Å². The molecular weight excluding hydrogens is 244 g/mol. The predicted molar refractivity (Wildman–Crippen MR) is 87.2 cm³/mol. The topological polar surface area (TPSA) is 25.2 Å². The normalized spacial score (nSPS) is 11.4. The smallest absolute Gasteiger partial charge is 0.121 e. The summed E-state index contributed by atoms with van der Waals surface area (Å²) in [4.78, 5) is 8.87. The number of nitrogens with zero attached hydrogens (tertiary/aromatic N) is 2. The van der Waals surface area contributed by atoms with Crippen molar-refractivity contribution in [3.05, 3.63) is 29.6 Å². The Morgan fingerprint density at radius 3 is 2.75 bits per heavy atom. The minimum Gasteiger partial charge on any atom is -0.287 e. The first-order chi connectivity index (χ1) is 9.53. The second-order valence-electron chi connectivity index (χ2n) is 5.98. The Balaban J connectivity index is 2.67. The van der Waals surface area contributed by atoms with Gasteiger partial charge in [-0.15, -0.1) is 0 Å². The highest BCUT2D eigenvalue weighted by atomic mass is 14.8. The highest BCUT2D eigenvalue weighted by Gasteiger charge is 2.05. The fourth-order valence-corrected chi connectivity index (χ4v) is 1.68. The molecule has 0 unspecified atom stereocenters. The van der Waals surface area contributed by atoms with Gasteiger partial charge in [0.25, 0.3) is 0 Å². The van der Waals surface area contributed by atoms with Gasteiger partial charge in [0.05, 0.1) is 5.54 Å². The van der Waals surface area contributed by atoms with Crippen molar-refractivity contribution < 1.29 is 0 Å². The molecule has 0 spiro atoms. The molecule has 0 aliphatic heterocycles. The Hall–Kier alpha value is -1.62. The molecule has 2 nitrogen and oxygen atoms in total. The zero-order valence-electron chi connectivity index (χ0n) is 13.2. The van der Waals surface area contributed by atoms with Crippen LogP contribution in [0.15, 0.2) is 23.3 Å². The van der Waals surface area contributed by atoms with Crippen molar-refractivity contribution in [1.82, 2.24) is 4.98 Å². The van der Waals surface area contributed by atoms with E-state index in [1.807, 2.05) is 18.3 Å². The number of hydrogen-bond acceptors (Lipinski definition) is 2. The first-order valence-corrected chi connectivity index (χ1v) is 7.52. The van der Waals surface area contributed by atoms with Gasteiger partial charge in [-0.3, -0.25) is 4.99 Å². The minimum atomic E-state index is -0.0688. The standard InChI is InChI=1S/C18H26N2/c1-5-6-7-8-9-10-13-17-16(12-11-14-19-17)15-20-18(2,3)4/h11-12,14-15H,5-9H2,1-4H3. The molecule has 0 aliphatic carbocycles. The molecule has 1 rings (SSSR count). The van der Waals surface area contributed by atoms with Crippen LogP contribution >= 0.6 is 0 Å². The van der Waals surface area contributed by atoms with E-state index in [-0.39, 0.29) is 5.54 Å². The van der Waals surface area contributed by atoms with Gasteiger partial charge in [-0.25, -0.2) is 4.98 Å². The molecule has 0 N–H and O–H groups in total. The van der Waals surface area contributed by atoms with Gasteiger partial charge in [-0.2, -0.15) is 0 Å². The Morgan fingerprint density at radius 2 is 2.05 bits per heavy atom. The van der Waals surface area contributed by atoms with Crippen molar-refractivity contribution in [3.63, 3.8) is 0 Å². The summed E-state index contributed by atoms with van der Waals surface area (Å²) in [5.41, 5.74) is 1.76. The highest BCUT2D eigenvalue weighted by molar-refractivity contribution is 5.82. The molecule has 1 aromatic rings. The van der Waals surface area contributed by atoms with E-state index in [1.54, 1.807) is 6.20 Å². The van der Waals surface area contributed by atoms with Gasteiger partial charge in [0.1, 0.15) is 5.69 Å². The summed E-state index contributed by atoms with van der Waals surface area (Å²) in [6.07, 6.45) is 9.64. The number of hydrogen-bond donors (Lipinski definition) is 0. The number of aromatic nitrogens is 1. The van der Waals surface area contributed by atoms with Crippen LogP contribution in [-0.4, -0.2) is 16.7 Å². The monoisotopic (exact) mass is 270 g/mol. The molecule has 0 bridgehead atoms. The third-order valence-corrected chi connectivity index (χ3v) is 2.79. The SMILES string of the molecule is CCCCCCC#Cc1ncccc1C=NC(C)(C)C. The summed E-state index contributed by atoms with van der Waals surface area (Å²) in [6.45, 7) is 8.47. The Labute approximate surface area is 123 Å². The van der Waals surface area contributed by atoms with Gasteiger partial charge in [-0.1, -0.05) is 32.1 Å². The summed E-state index contributed by atoms with van der Waals surface area (Å²) >= 11 is 0. The first-order valence-electron chi connectivity index (χ1n) is 7.52. The van der Waals surface area contributed by atoms with Crippen molar-refractivity contribution in [2.24, 2.45) is 4.99 Å². The van der Waals surface area contributed by atoms with Crippen molar-refractivity contribution in [1.29, 1.82) is 0 Å². The fourth-order valence-electron chi connectivity index (χ4n) is 1.68. The molecule has 1 aromatic heterocycles. The lowest BCUT2D eigenvalue weighted by atomic mass is 10.1. The molecule has 0 fully saturated rings. The van der Waals surface area contributed by atoms with Gasteiger partial charge in [0.15, 0.2) is 0 Å². The maximum Gasteiger partial charge on any atom is 0.121 e. The summed E-state index contributed by atoms with van der Waals surface area (Å²) in [7, 11) is 0. The Bertz CT molecular complexity index is 484. The van der Waals surface area contributed by atoms with Crippen LogP contribution in [0, 0.1) is 11.8 Å². The largest absolute Gasteiger partial charge is 0.287 e. The Morgan fingerprint density at radius 1 is 1.25 bits per heavy atom. The lowest BCUT2D eigenvalue weighted by Crippen LogP contribution is -2.10. The van der Waals surface area contributed by atoms with Crippen LogP contribution in [0.5, 0.6) is 0 Å². The maximum absolute atomic E-state index is 4.52. The van der Waals surface area contributed by atoms with E-state index in [0.29, 0.717) is 0 Å². The van der Waals surface area contributed by atoms with Gasteiger partial charge >= 0.3 is 0 Å². The van der Waals surface area contributed by atoms with Crippen molar-refractivity contribution in [3.8, 4) is 11.8 Å². The summed E-state index contributed by atoms with van der Waals surface area (Å²) < 4.78 is 0. The highest BCUT2D eigenvalue weighted by Crippen LogP contribution is 2.08. The van der Waals surface area contributed by atoms with E-state index < -0.39 is 0 Å². The van der Waals surface area contributed by atoms with Crippen LogP contribution in [-0.2, 0) is 0 Å². The molecular formula is C18H26N2. The molecule has 0 aliphatic rings. The third kappa shape index (κ3) is 7.09. The fraction of sp³-hybridized carbons (Fsp3) is 0.556. The van der Waals surface area contributed by atoms with E-state index in [9.17, 15) is 0 Å². The quantitative estimate of drug-likeness (QED) is 0.435. The van der Waals surface area contributed by atoms with E-state index in [0.717, 1.165) is 17.7 Å². The molecule has 2 heteroatoms. The number of pyridine rings is 1. The van der Waals surface area contributed by atoms with Crippen LogP contribution in [0.3, 0.4) is 0 Å². The van der Waals surface area contributed by atoms with E-state index in [2.05, 4.69) is 49.5 Å². The summed E-state index contributed by atoms with van der Waals surface area (Å²) in [6, 6.07) is 3.94. The molecule has 0 saturated carbocycles. The van der Waals surface area contributed by atoms with Crippen LogP contribution in [0.25, 0.3) is 0 Å². The summed E-state index contributed by atoms with van der Waals surface area (Å²) in [5, 5.41) is 0. The van der Waals surface area contributed by atoms with E-state index in [4.69, 9.17) is 0 Å². The molecule has 20 heavy (non-hydrogen) atoms. The van der Waals surface area contributed by atoms with Crippen LogP contribution in [0.1, 0.15) is 71.1 Å². The number of unbranched alkanes of at least 4 members (excludes halogenated alkanes) is 4. The zero-order valence-corrected chi connectivity index (χ0v) is 13.2. The molecule has 0 aromatic carbocycles. The number of aliphatic imine (C=N–C) groups is 1. The van der Waals surface area contributed by atoms with Gasteiger partial charge < -0.3 is 0 Å². The third-order valence-electron chi connectivity index (χ3n) is 2.79.